The van der Waals surface area contributed by atoms with Crippen molar-refractivity contribution < 1.29 is 8.42 Å². The summed E-state index contributed by atoms with van der Waals surface area (Å²) in [5.74, 6) is 0. The van der Waals surface area contributed by atoms with Gasteiger partial charge in [-0.05, 0) is 18.2 Å². The van der Waals surface area contributed by atoms with Crippen LogP contribution in [0.1, 0.15) is 11.3 Å². The zero-order chi connectivity index (χ0) is 15.5. The highest BCUT2D eigenvalue weighted by Gasteiger charge is 2.24. The molecular weight excluding hydrogens is 306 g/mol. The van der Waals surface area contributed by atoms with E-state index >= 15 is 0 Å². The second kappa shape index (κ2) is 6.30. The zero-order valence-electron chi connectivity index (χ0n) is 11.4. The zero-order valence-corrected chi connectivity index (χ0v) is 13.1. The van der Waals surface area contributed by atoms with Gasteiger partial charge in [-0.1, -0.05) is 36.5 Å². The normalized spacial score (nSPS) is 11.5. The van der Waals surface area contributed by atoms with Crippen molar-refractivity contribution in [2.75, 3.05) is 7.05 Å². The SMILES string of the molecule is CN(Cc1ccccn1)S(=O)(=O)c1ccccc1C(N)=S. The molecule has 0 aliphatic carbocycles. The standard InChI is InChI=1S/C14H15N3O2S2/c1-17(10-11-6-4-5-9-16-11)21(18,19)13-8-3-2-7-12(13)14(15)20/h2-9H,10H2,1H3,(H2,15,20). The Morgan fingerprint density at radius 2 is 1.90 bits per heavy atom. The molecule has 0 saturated heterocycles. The minimum Gasteiger partial charge on any atom is -0.389 e. The van der Waals surface area contributed by atoms with Crippen LogP contribution >= 0.6 is 12.2 Å². The first-order chi connectivity index (χ1) is 9.93. The Labute approximate surface area is 129 Å². The van der Waals surface area contributed by atoms with Gasteiger partial charge in [0.1, 0.15) is 4.99 Å². The van der Waals surface area contributed by atoms with Gasteiger partial charge in [-0.25, -0.2) is 8.42 Å². The first kappa shape index (κ1) is 15.6. The predicted octanol–water partition coefficient (Wildman–Crippen LogP) is 1.54. The predicted molar refractivity (Wildman–Crippen MR) is 85.2 cm³/mol. The molecule has 0 atom stereocenters. The number of sulfonamides is 1. The van der Waals surface area contributed by atoms with E-state index in [0.717, 1.165) is 0 Å². The molecule has 2 rings (SSSR count). The molecule has 1 heterocycles. The smallest absolute Gasteiger partial charge is 0.243 e. The van der Waals surface area contributed by atoms with E-state index in [9.17, 15) is 8.42 Å². The molecule has 0 amide bonds. The highest BCUT2D eigenvalue weighted by Crippen LogP contribution is 2.20. The number of hydrogen-bond donors (Lipinski definition) is 1. The molecule has 0 radical (unpaired) electrons. The molecule has 7 heteroatoms. The average molecular weight is 321 g/mol. The average Bonchev–Trinajstić information content (AvgIpc) is 2.48. The fraction of sp³-hybridized carbons (Fsp3) is 0.143. The van der Waals surface area contributed by atoms with Crippen LogP contribution in [-0.2, 0) is 16.6 Å². The third-order valence-corrected chi connectivity index (χ3v) is 5.03. The molecule has 2 N–H and O–H groups in total. The van der Waals surface area contributed by atoms with Crippen molar-refractivity contribution in [3.63, 3.8) is 0 Å². The van der Waals surface area contributed by atoms with E-state index < -0.39 is 10.0 Å². The molecule has 110 valence electrons. The van der Waals surface area contributed by atoms with Crippen LogP contribution in [0.4, 0.5) is 0 Å². The molecule has 0 fully saturated rings. The molecule has 0 spiro atoms. The van der Waals surface area contributed by atoms with Crippen molar-refractivity contribution in [2.45, 2.75) is 11.4 Å². The Hall–Kier alpha value is -1.83. The molecule has 0 bridgehead atoms. The second-order valence-corrected chi connectivity index (χ2v) is 6.90. The summed E-state index contributed by atoms with van der Waals surface area (Å²) in [6, 6.07) is 11.8. The monoisotopic (exact) mass is 321 g/mol. The van der Waals surface area contributed by atoms with E-state index in [4.69, 9.17) is 18.0 Å². The Morgan fingerprint density at radius 1 is 1.24 bits per heavy atom. The van der Waals surface area contributed by atoms with Gasteiger partial charge < -0.3 is 5.73 Å². The first-order valence-electron chi connectivity index (χ1n) is 6.18. The third kappa shape index (κ3) is 3.44. The lowest BCUT2D eigenvalue weighted by atomic mass is 10.2. The van der Waals surface area contributed by atoms with Gasteiger partial charge >= 0.3 is 0 Å². The largest absolute Gasteiger partial charge is 0.389 e. The summed E-state index contributed by atoms with van der Waals surface area (Å²) < 4.78 is 26.5. The Kier molecular flexibility index (Phi) is 4.66. The molecule has 0 unspecified atom stereocenters. The van der Waals surface area contributed by atoms with Crippen LogP contribution in [0.25, 0.3) is 0 Å². The van der Waals surface area contributed by atoms with Crippen molar-refractivity contribution in [1.29, 1.82) is 0 Å². The summed E-state index contributed by atoms with van der Waals surface area (Å²) in [5.41, 5.74) is 6.61. The van der Waals surface area contributed by atoms with E-state index in [0.29, 0.717) is 11.3 Å². The van der Waals surface area contributed by atoms with Gasteiger partial charge in [0.05, 0.1) is 17.1 Å². The quantitative estimate of drug-likeness (QED) is 0.845. The molecule has 1 aromatic heterocycles. The topological polar surface area (TPSA) is 76.3 Å². The van der Waals surface area contributed by atoms with Crippen molar-refractivity contribution in [2.24, 2.45) is 5.73 Å². The summed E-state index contributed by atoms with van der Waals surface area (Å²) >= 11 is 4.92. The van der Waals surface area contributed by atoms with E-state index in [2.05, 4.69) is 4.98 Å². The second-order valence-electron chi connectivity index (χ2n) is 4.44. The van der Waals surface area contributed by atoms with E-state index in [1.807, 2.05) is 6.07 Å². The van der Waals surface area contributed by atoms with Gasteiger partial charge in [0.15, 0.2) is 0 Å². The number of pyridine rings is 1. The number of benzene rings is 1. The molecule has 5 nitrogen and oxygen atoms in total. The number of rotatable bonds is 5. The van der Waals surface area contributed by atoms with E-state index in [-0.39, 0.29) is 16.4 Å². The van der Waals surface area contributed by atoms with Gasteiger partial charge in [-0.3, -0.25) is 4.98 Å². The van der Waals surface area contributed by atoms with Gasteiger partial charge in [-0.2, -0.15) is 4.31 Å². The number of aromatic nitrogens is 1. The highest BCUT2D eigenvalue weighted by atomic mass is 32.2. The van der Waals surface area contributed by atoms with Crippen LogP contribution < -0.4 is 5.73 Å². The summed E-state index contributed by atoms with van der Waals surface area (Å²) in [6.07, 6.45) is 1.62. The summed E-state index contributed by atoms with van der Waals surface area (Å²) in [4.78, 5) is 4.29. The van der Waals surface area contributed by atoms with E-state index in [1.165, 1.54) is 17.4 Å². The maximum absolute atomic E-state index is 12.6. The van der Waals surface area contributed by atoms with Gasteiger partial charge in [0.2, 0.25) is 10.0 Å². The Balaban J connectivity index is 2.36. The molecule has 2 aromatic rings. The maximum Gasteiger partial charge on any atom is 0.243 e. The van der Waals surface area contributed by atoms with Crippen molar-refractivity contribution in [3.8, 4) is 0 Å². The van der Waals surface area contributed by atoms with Crippen molar-refractivity contribution in [1.82, 2.24) is 9.29 Å². The number of nitrogens with two attached hydrogens (primary N) is 1. The molecule has 1 aromatic carbocycles. The fourth-order valence-corrected chi connectivity index (χ4v) is 3.45. The summed E-state index contributed by atoms with van der Waals surface area (Å²) in [6.45, 7) is 0.175. The maximum atomic E-state index is 12.6. The lowest BCUT2D eigenvalue weighted by Crippen LogP contribution is -2.29. The van der Waals surface area contributed by atoms with Crippen LogP contribution in [0.3, 0.4) is 0 Å². The van der Waals surface area contributed by atoms with Crippen molar-refractivity contribution >= 4 is 27.2 Å². The minimum absolute atomic E-state index is 0.0559. The lowest BCUT2D eigenvalue weighted by Gasteiger charge is -2.18. The van der Waals surface area contributed by atoms with E-state index in [1.54, 1.807) is 36.5 Å². The van der Waals surface area contributed by atoms with Crippen LogP contribution in [0.2, 0.25) is 0 Å². The summed E-state index contributed by atoms with van der Waals surface area (Å²) in [5, 5.41) is 0. The number of hydrogen-bond acceptors (Lipinski definition) is 4. The molecule has 21 heavy (non-hydrogen) atoms. The van der Waals surface area contributed by atoms with Crippen LogP contribution in [-0.4, -0.2) is 29.7 Å². The minimum atomic E-state index is -3.69. The fourth-order valence-electron chi connectivity index (χ4n) is 1.87. The number of thiocarbonyl (C=S) groups is 1. The van der Waals surface area contributed by atoms with Gasteiger partial charge in [0, 0.05) is 18.8 Å². The van der Waals surface area contributed by atoms with Crippen LogP contribution in [0.15, 0.2) is 53.6 Å². The van der Waals surface area contributed by atoms with Crippen LogP contribution in [0, 0.1) is 0 Å². The lowest BCUT2D eigenvalue weighted by molar-refractivity contribution is 0.462. The molecule has 0 aliphatic heterocycles. The number of nitrogens with zero attached hydrogens (tertiary/aromatic N) is 2. The first-order valence-corrected chi connectivity index (χ1v) is 8.03. The van der Waals surface area contributed by atoms with Crippen LogP contribution in [0.5, 0.6) is 0 Å². The summed E-state index contributed by atoms with van der Waals surface area (Å²) in [7, 11) is -2.19. The van der Waals surface area contributed by atoms with Gasteiger partial charge in [0.25, 0.3) is 0 Å². The molecular formula is C14H15N3O2S2. The van der Waals surface area contributed by atoms with Crippen molar-refractivity contribution in [3.05, 3.63) is 59.9 Å². The Bertz CT molecular complexity index is 746. The van der Waals surface area contributed by atoms with Gasteiger partial charge in [-0.15, -0.1) is 0 Å². The third-order valence-electron chi connectivity index (χ3n) is 2.95. The highest BCUT2D eigenvalue weighted by molar-refractivity contribution is 7.89. The molecule has 0 saturated carbocycles. The molecule has 0 aliphatic rings. The Morgan fingerprint density at radius 3 is 2.52 bits per heavy atom.